The van der Waals surface area contributed by atoms with E-state index in [0.717, 1.165) is 12.8 Å². The first-order valence-electron chi connectivity index (χ1n) is 10.3. The van der Waals surface area contributed by atoms with E-state index in [4.69, 9.17) is 14.2 Å². The molecule has 0 aromatic heterocycles. The maximum absolute atomic E-state index is 12.6. The van der Waals surface area contributed by atoms with Crippen molar-refractivity contribution in [3.05, 3.63) is 23.8 Å². The maximum atomic E-state index is 12.6. The van der Waals surface area contributed by atoms with E-state index in [9.17, 15) is 4.79 Å². The topological polar surface area (TPSA) is 48.0 Å². The van der Waals surface area contributed by atoms with Gasteiger partial charge in [-0.15, -0.1) is 0 Å². The number of hydrogen-bond donors (Lipinski definition) is 0. The summed E-state index contributed by atoms with van der Waals surface area (Å²) in [5, 5.41) is 0. The summed E-state index contributed by atoms with van der Waals surface area (Å²) < 4.78 is 16.4. The molecule has 0 amide bonds. The molecule has 0 N–H and O–H groups in total. The summed E-state index contributed by atoms with van der Waals surface area (Å²) in [4.78, 5) is 15.3. The van der Waals surface area contributed by atoms with E-state index in [1.54, 1.807) is 32.4 Å². The lowest BCUT2D eigenvalue weighted by Crippen LogP contribution is -2.46. The van der Waals surface area contributed by atoms with Crippen LogP contribution in [0.1, 0.15) is 68.6 Å². The molecule has 2 aliphatic rings. The number of nitrogens with zero attached hydrogens (tertiary/aromatic N) is 1. The number of carbonyl (C=O) groups excluding carboxylic acids is 1. The van der Waals surface area contributed by atoms with E-state index in [1.165, 1.54) is 45.1 Å². The van der Waals surface area contributed by atoms with Crippen LogP contribution in [0, 0.1) is 0 Å². The molecule has 2 heterocycles. The van der Waals surface area contributed by atoms with E-state index in [2.05, 4.69) is 11.8 Å². The second-order valence-electron chi connectivity index (χ2n) is 7.75. The fourth-order valence-corrected chi connectivity index (χ4v) is 4.59. The number of rotatable bonds is 9. The molecule has 3 atom stereocenters. The molecule has 2 aliphatic heterocycles. The molecule has 27 heavy (non-hydrogen) atoms. The summed E-state index contributed by atoms with van der Waals surface area (Å²) in [5.41, 5.74) is 0.516. The minimum Gasteiger partial charge on any atom is -0.493 e. The van der Waals surface area contributed by atoms with Gasteiger partial charge < -0.3 is 14.2 Å². The Balaban J connectivity index is 1.55. The Labute approximate surface area is 163 Å². The Morgan fingerprint density at radius 1 is 1.04 bits per heavy atom. The van der Waals surface area contributed by atoms with Gasteiger partial charge in [0.1, 0.15) is 6.10 Å². The highest BCUT2D eigenvalue weighted by atomic mass is 16.5. The van der Waals surface area contributed by atoms with Gasteiger partial charge in [-0.25, -0.2) is 4.79 Å². The molecular weight excluding hydrogens is 342 g/mol. The van der Waals surface area contributed by atoms with Crippen molar-refractivity contribution in [3.63, 3.8) is 0 Å². The van der Waals surface area contributed by atoms with E-state index < -0.39 is 0 Å². The highest BCUT2D eigenvalue weighted by Crippen LogP contribution is 2.37. The van der Waals surface area contributed by atoms with Crippen LogP contribution in [0.3, 0.4) is 0 Å². The fourth-order valence-electron chi connectivity index (χ4n) is 4.59. The lowest BCUT2D eigenvalue weighted by Gasteiger charge is -2.38. The van der Waals surface area contributed by atoms with Crippen LogP contribution in [-0.4, -0.2) is 49.8 Å². The zero-order chi connectivity index (χ0) is 19.2. The number of ether oxygens (including phenoxy) is 3. The van der Waals surface area contributed by atoms with Crippen LogP contribution in [0.25, 0.3) is 0 Å². The molecule has 5 heteroatoms. The lowest BCUT2D eigenvalue weighted by molar-refractivity contribution is -0.00635. The number of hydrogen-bond acceptors (Lipinski definition) is 5. The molecule has 1 unspecified atom stereocenters. The highest BCUT2D eigenvalue weighted by molar-refractivity contribution is 5.90. The molecule has 0 saturated carbocycles. The Bertz CT molecular complexity index is 619. The number of unbranched alkanes of at least 4 members (excludes halogenated alkanes) is 3. The van der Waals surface area contributed by atoms with Gasteiger partial charge in [0.2, 0.25) is 0 Å². The number of benzene rings is 1. The van der Waals surface area contributed by atoms with Crippen LogP contribution in [0.15, 0.2) is 18.2 Å². The van der Waals surface area contributed by atoms with Gasteiger partial charge in [-0.3, -0.25) is 4.90 Å². The van der Waals surface area contributed by atoms with Crippen molar-refractivity contribution in [2.75, 3.05) is 20.8 Å². The van der Waals surface area contributed by atoms with Gasteiger partial charge in [0.15, 0.2) is 11.5 Å². The molecule has 0 spiro atoms. The molecule has 5 nitrogen and oxygen atoms in total. The van der Waals surface area contributed by atoms with Gasteiger partial charge in [0, 0.05) is 24.9 Å². The fraction of sp³-hybridized carbons (Fsp3) is 0.682. The van der Waals surface area contributed by atoms with Crippen LogP contribution in [-0.2, 0) is 4.74 Å². The predicted molar refractivity (Wildman–Crippen MR) is 106 cm³/mol. The predicted octanol–water partition coefficient (Wildman–Crippen LogP) is 4.44. The maximum Gasteiger partial charge on any atom is 0.338 e. The number of piperidine rings is 1. The SMILES string of the molecule is CCCCCCN1[C@@H]2CC[C@H]1CC(OC(=O)c1ccc(OC)c(OC)c1)C2. The molecular formula is C22H33NO4. The van der Waals surface area contributed by atoms with Gasteiger partial charge in [-0.05, 0) is 44.0 Å². The molecule has 1 aromatic carbocycles. The van der Waals surface area contributed by atoms with Crippen molar-refractivity contribution in [2.24, 2.45) is 0 Å². The Morgan fingerprint density at radius 3 is 2.37 bits per heavy atom. The summed E-state index contributed by atoms with van der Waals surface area (Å²) in [6, 6.07) is 6.33. The molecule has 150 valence electrons. The molecule has 2 bridgehead atoms. The van der Waals surface area contributed by atoms with Crippen molar-refractivity contribution in [1.82, 2.24) is 4.90 Å². The van der Waals surface area contributed by atoms with E-state index in [-0.39, 0.29) is 12.1 Å². The average molecular weight is 376 g/mol. The Kier molecular flexibility index (Phi) is 7.00. The van der Waals surface area contributed by atoms with Gasteiger partial charge in [-0.1, -0.05) is 26.2 Å². The normalized spacial score (nSPS) is 24.6. The zero-order valence-electron chi connectivity index (χ0n) is 16.9. The van der Waals surface area contributed by atoms with Gasteiger partial charge in [0.05, 0.1) is 19.8 Å². The quantitative estimate of drug-likeness (QED) is 0.472. The average Bonchev–Trinajstić information content (AvgIpc) is 2.92. The largest absolute Gasteiger partial charge is 0.493 e. The second-order valence-corrected chi connectivity index (χ2v) is 7.75. The minimum atomic E-state index is -0.267. The van der Waals surface area contributed by atoms with Crippen LogP contribution >= 0.6 is 0 Å². The first kappa shape index (κ1) is 20.0. The number of fused-ring (bicyclic) bond motifs is 2. The second kappa shape index (κ2) is 9.45. The van der Waals surface area contributed by atoms with Crippen molar-refractivity contribution >= 4 is 5.97 Å². The van der Waals surface area contributed by atoms with Crippen LogP contribution in [0.2, 0.25) is 0 Å². The lowest BCUT2D eigenvalue weighted by atomic mass is 9.99. The monoisotopic (exact) mass is 375 g/mol. The molecule has 0 aliphatic carbocycles. The van der Waals surface area contributed by atoms with Gasteiger partial charge >= 0.3 is 5.97 Å². The smallest absolute Gasteiger partial charge is 0.338 e. The summed E-state index contributed by atoms with van der Waals surface area (Å²) in [5.74, 6) is 0.897. The van der Waals surface area contributed by atoms with Crippen molar-refractivity contribution < 1.29 is 19.0 Å². The molecule has 2 fully saturated rings. The summed E-state index contributed by atoms with van der Waals surface area (Å²) in [7, 11) is 3.16. The van der Waals surface area contributed by atoms with Crippen molar-refractivity contribution in [1.29, 1.82) is 0 Å². The summed E-state index contributed by atoms with van der Waals surface area (Å²) in [6.45, 7) is 3.45. The minimum absolute atomic E-state index is 0.0231. The third-order valence-corrected chi connectivity index (χ3v) is 6.00. The third-order valence-electron chi connectivity index (χ3n) is 6.00. The molecule has 0 radical (unpaired) electrons. The van der Waals surface area contributed by atoms with Crippen molar-refractivity contribution in [3.8, 4) is 11.5 Å². The zero-order valence-corrected chi connectivity index (χ0v) is 16.9. The molecule has 1 aromatic rings. The highest BCUT2D eigenvalue weighted by Gasteiger charge is 2.41. The van der Waals surface area contributed by atoms with E-state index in [0.29, 0.717) is 29.1 Å². The number of esters is 1. The summed E-state index contributed by atoms with van der Waals surface area (Å²) in [6.07, 6.45) is 9.64. The van der Waals surface area contributed by atoms with E-state index in [1.807, 2.05) is 0 Å². The number of carbonyl (C=O) groups is 1. The Morgan fingerprint density at radius 2 is 1.74 bits per heavy atom. The van der Waals surface area contributed by atoms with Crippen LogP contribution < -0.4 is 9.47 Å². The summed E-state index contributed by atoms with van der Waals surface area (Å²) >= 11 is 0. The Hall–Kier alpha value is -1.75. The van der Waals surface area contributed by atoms with Crippen molar-refractivity contribution in [2.45, 2.75) is 76.5 Å². The molecule has 3 rings (SSSR count). The van der Waals surface area contributed by atoms with Crippen LogP contribution in [0.5, 0.6) is 11.5 Å². The first-order valence-corrected chi connectivity index (χ1v) is 10.3. The third kappa shape index (κ3) is 4.75. The van der Waals surface area contributed by atoms with Crippen LogP contribution in [0.4, 0.5) is 0 Å². The van der Waals surface area contributed by atoms with Gasteiger partial charge in [0.25, 0.3) is 0 Å². The first-order chi connectivity index (χ1) is 13.2. The van der Waals surface area contributed by atoms with Gasteiger partial charge in [-0.2, -0.15) is 0 Å². The standard InChI is InChI=1S/C22H33NO4/c1-4-5-6-7-12-23-17-9-10-18(23)15-19(14-17)27-22(24)16-8-11-20(25-2)21(13-16)26-3/h8,11,13,17-19H,4-7,9-10,12,14-15H2,1-3H3/t17-,18+,19?. The van der Waals surface area contributed by atoms with E-state index >= 15 is 0 Å². The number of methoxy groups -OCH3 is 2. The molecule has 2 saturated heterocycles.